The van der Waals surface area contributed by atoms with Gasteiger partial charge in [0.25, 0.3) is 0 Å². The van der Waals surface area contributed by atoms with E-state index in [1.807, 2.05) is 46.1 Å². The van der Waals surface area contributed by atoms with E-state index in [1.54, 1.807) is 6.20 Å². The van der Waals surface area contributed by atoms with E-state index in [0.29, 0.717) is 12.5 Å². The minimum atomic E-state index is -0.0108. The van der Waals surface area contributed by atoms with Gasteiger partial charge in [0, 0.05) is 37.9 Å². The zero-order valence-electron chi connectivity index (χ0n) is 17.1. The monoisotopic (exact) mass is 371 g/mol. The van der Waals surface area contributed by atoms with E-state index in [4.69, 9.17) is 0 Å². The molecule has 2 aromatic rings. The molecular weight excluding hydrogens is 338 g/mol. The van der Waals surface area contributed by atoms with Crippen LogP contribution >= 0.6 is 0 Å². The molecule has 0 aliphatic rings. The number of carbonyl (C=O) groups excluding carboxylic acids is 1. The van der Waals surface area contributed by atoms with Gasteiger partial charge >= 0.3 is 6.03 Å². The summed E-state index contributed by atoms with van der Waals surface area (Å²) in [5.41, 5.74) is 2.00. The van der Waals surface area contributed by atoms with Crippen LogP contribution in [0.25, 0.3) is 5.69 Å². The van der Waals surface area contributed by atoms with E-state index in [1.165, 1.54) is 0 Å². The number of para-hydroxylation sites is 1. The second-order valence-electron chi connectivity index (χ2n) is 7.15. The molecule has 2 amide bonds. The zero-order chi connectivity index (χ0) is 19.6. The number of hydrogen-bond acceptors (Lipinski definition) is 3. The largest absolute Gasteiger partial charge is 0.334 e. The highest BCUT2D eigenvalue weighted by atomic mass is 16.2. The van der Waals surface area contributed by atoms with E-state index in [2.05, 4.69) is 43.0 Å². The number of carbonyl (C=O) groups is 1. The minimum Gasteiger partial charge on any atom is -0.334 e. The Morgan fingerprint density at radius 1 is 1.15 bits per heavy atom. The van der Waals surface area contributed by atoms with Crippen LogP contribution in [0.3, 0.4) is 0 Å². The number of likely N-dealkylation sites (N-methyl/N-ethyl adjacent to an activating group) is 1. The maximum atomic E-state index is 12.7. The van der Waals surface area contributed by atoms with Gasteiger partial charge in [0.05, 0.1) is 11.9 Å². The van der Waals surface area contributed by atoms with Crippen LogP contribution in [0.2, 0.25) is 0 Å². The van der Waals surface area contributed by atoms with Gasteiger partial charge < -0.3 is 15.1 Å². The van der Waals surface area contributed by atoms with Crippen molar-refractivity contribution in [2.75, 3.05) is 32.7 Å². The topological polar surface area (TPSA) is 53.4 Å². The van der Waals surface area contributed by atoms with Crippen molar-refractivity contribution in [2.45, 2.75) is 34.2 Å². The molecule has 0 atom stereocenters. The molecule has 1 heterocycles. The Morgan fingerprint density at radius 3 is 2.48 bits per heavy atom. The molecule has 6 nitrogen and oxygen atoms in total. The maximum Gasteiger partial charge on any atom is 0.317 e. The number of benzene rings is 1. The van der Waals surface area contributed by atoms with Gasteiger partial charge in [-0.05, 0) is 31.1 Å². The fourth-order valence-electron chi connectivity index (χ4n) is 2.98. The molecule has 0 unspecified atom stereocenters. The standard InChI is InChI=1S/C21H33N5O/c1-5-24(6-2)12-13-25(16-18(3)4)21(27)22-14-19-15-23-26(17-19)20-10-8-7-9-11-20/h7-11,15,17-18H,5-6,12-14,16H2,1-4H3,(H,22,27). The number of nitrogens with zero attached hydrogens (tertiary/aromatic N) is 4. The van der Waals surface area contributed by atoms with Gasteiger partial charge in [-0.3, -0.25) is 0 Å². The van der Waals surface area contributed by atoms with E-state index in [-0.39, 0.29) is 6.03 Å². The van der Waals surface area contributed by atoms with E-state index in [0.717, 1.165) is 44.0 Å². The highest BCUT2D eigenvalue weighted by molar-refractivity contribution is 5.74. The van der Waals surface area contributed by atoms with Gasteiger partial charge in [-0.2, -0.15) is 5.10 Å². The second kappa shape index (κ2) is 10.7. The summed E-state index contributed by atoms with van der Waals surface area (Å²) < 4.78 is 1.83. The van der Waals surface area contributed by atoms with Crippen LogP contribution in [0.15, 0.2) is 42.7 Å². The van der Waals surface area contributed by atoms with Crippen LogP contribution in [0.5, 0.6) is 0 Å². The van der Waals surface area contributed by atoms with Gasteiger partial charge in [-0.1, -0.05) is 45.9 Å². The number of hydrogen-bond donors (Lipinski definition) is 1. The third kappa shape index (κ3) is 6.71. The quantitative estimate of drug-likeness (QED) is 0.697. The van der Waals surface area contributed by atoms with Crippen molar-refractivity contribution in [1.82, 2.24) is 24.9 Å². The maximum absolute atomic E-state index is 12.7. The van der Waals surface area contributed by atoms with Gasteiger partial charge in [0.2, 0.25) is 0 Å². The summed E-state index contributed by atoms with van der Waals surface area (Å²) in [6, 6.07) is 9.95. The van der Waals surface area contributed by atoms with Crippen molar-refractivity contribution in [3.63, 3.8) is 0 Å². The van der Waals surface area contributed by atoms with Gasteiger partial charge in [0.1, 0.15) is 0 Å². The van der Waals surface area contributed by atoms with Crippen molar-refractivity contribution >= 4 is 6.03 Å². The smallest absolute Gasteiger partial charge is 0.317 e. The molecule has 1 aromatic heterocycles. The highest BCUT2D eigenvalue weighted by Crippen LogP contribution is 2.08. The van der Waals surface area contributed by atoms with Crippen LogP contribution in [-0.2, 0) is 6.54 Å². The predicted octanol–water partition coefficient (Wildman–Crippen LogP) is 3.38. The van der Waals surface area contributed by atoms with Crippen molar-refractivity contribution in [2.24, 2.45) is 5.92 Å². The summed E-state index contributed by atoms with van der Waals surface area (Å²) in [5.74, 6) is 0.438. The predicted molar refractivity (Wildman–Crippen MR) is 110 cm³/mol. The molecule has 2 rings (SSSR count). The Morgan fingerprint density at radius 2 is 1.85 bits per heavy atom. The van der Waals surface area contributed by atoms with Crippen molar-refractivity contribution < 1.29 is 4.79 Å². The summed E-state index contributed by atoms with van der Waals surface area (Å²) in [5, 5.41) is 7.43. The van der Waals surface area contributed by atoms with Crippen molar-refractivity contribution in [3.05, 3.63) is 48.3 Å². The summed E-state index contributed by atoms with van der Waals surface area (Å²) in [4.78, 5) is 16.9. The number of rotatable bonds is 10. The molecule has 0 radical (unpaired) electrons. The van der Waals surface area contributed by atoms with Gasteiger partial charge in [0.15, 0.2) is 0 Å². The van der Waals surface area contributed by atoms with Crippen LogP contribution in [0.4, 0.5) is 4.79 Å². The fraction of sp³-hybridized carbons (Fsp3) is 0.524. The Hall–Kier alpha value is -2.34. The fourth-order valence-corrected chi connectivity index (χ4v) is 2.98. The lowest BCUT2D eigenvalue weighted by molar-refractivity contribution is 0.177. The zero-order valence-corrected chi connectivity index (χ0v) is 17.1. The first kappa shape index (κ1) is 21.0. The number of nitrogens with one attached hydrogen (secondary N) is 1. The Labute approximate surface area is 163 Å². The van der Waals surface area contributed by atoms with E-state index < -0.39 is 0 Å². The highest BCUT2D eigenvalue weighted by Gasteiger charge is 2.16. The molecule has 0 aliphatic carbocycles. The minimum absolute atomic E-state index is 0.0108. The molecule has 0 saturated carbocycles. The molecule has 0 fully saturated rings. The average molecular weight is 372 g/mol. The second-order valence-corrected chi connectivity index (χ2v) is 7.15. The lowest BCUT2D eigenvalue weighted by Gasteiger charge is -2.28. The third-order valence-corrected chi connectivity index (χ3v) is 4.55. The average Bonchev–Trinajstić information content (AvgIpc) is 3.15. The normalized spacial score (nSPS) is 11.2. The van der Waals surface area contributed by atoms with Crippen LogP contribution in [0, 0.1) is 5.92 Å². The Bertz CT molecular complexity index is 679. The van der Waals surface area contributed by atoms with Crippen LogP contribution in [0.1, 0.15) is 33.3 Å². The summed E-state index contributed by atoms with van der Waals surface area (Å²) in [6.07, 6.45) is 3.76. The Kier molecular flexibility index (Phi) is 8.33. The number of urea groups is 1. The lowest BCUT2D eigenvalue weighted by atomic mass is 10.2. The summed E-state index contributed by atoms with van der Waals surface area (Å²) >= 11 is 0. The molecule has 0 bridgehead atoms. The first-order valence-electron chi connectivity index (χ1n) is 9.87. The lowest BCUT2D eigenvalue weighted by Crippen LogP contribution is -2.45. The first-order chi connectivity index (χ1) is 13.0. The van der Waals surface area contributed by atoms with Gasteiger partial charge in [-0.15, -0.1) is 0 Å². The van der Waals surface area contributed by atoms with E-state index in [9.17, 15) is 4.79 Å². The molecule has 27 heavy (non-hydrogen) atoms. The van der Waals surface area contributed by atoms with Crippen LogP contribution in [-0.4, -0.2) is 58.3 Å². The molecule has 148 valence electrons. The van der Waals surface area contributed by atoms with Crippen LogP contribution < -0.4 is 5.32 Å². The summed E-state index contributed by atoms with van der Waals surface area (Å²) in [7, 11) is 0. The van der Waals surface area contributed by atoms with Crippen molar-refractivity contribution in [3.8, 4) is 5.69 Å². The van der Waals surface area contributed by atoms with Crippen molar-refractivity contribution in [1.29, 1.82) is 0 Å². The molecular formula is C21H33N5O. The Balaban J connectivity index is 1.91. The third-order valence-electron chi connectivity index (χ3n) is 4.55. The van der Waals surface area contributed by atoms with E-state index >= 15 is 0 Å². The molecule has 0 spiro atoms. The SMILES string of the molecule is CCN(CC)CCN(CC(C)C)C(=O)NCc1cnn(-c2ccccc2)c1. The summed E-state index contributed by atoms with van der Waals surface area (Å²) in [6.45, 7) is 13.5. The molecule has 1 aromatic carbocycles. The molecule has 0 saturated heterocycles. The molecule has 0 aliphatic heterocycles. The molecule has 1 N–H and O–H groups in total. The van der Waals surface area contributed by atoms with Gasteiger partial charge in [-0.25, -0.2) is 9.48 Å². The first-order valence-corrected chi connectivity index (χ1v) is 9.87. The number of amides is 2. The number of aromatic nitrogens is 2. The molecule has 6 heteroatoms.